The van der Waals surface area contributed by atoms with Gasteiger partial charge in [0.15, 0.2) is 11.6 Å². The van der Waals surface area contributed by atoms with Crippen LogP contribution in [0.15, 0.2) is 36.7 Å². The third kappa shape index (κ3) is 2.75. The van der Waals surface area contributed by atoms with E-state index in [1.807, 2.05) is 0 Å². The van der Waals surface area contributed by atoms with Gasteiger partial charge >= 0.3 is 0 Å². The smallest absolute Gasteiger partial charge is 0.159 e. The summed E-state index contributed by atoms with van der Waals surface area (Å²) in [6.07, 6.45) is 9.58. The third-order valence-corrected chi connectivity index (χ3v) is 3.88. The van der Waals surface area contributed by atoms with E-state index in [1.165, 1.54) is 50.1 Å². The van der Waals surface area contributed by atoms with Gasteiger partial charge in [0.05, 0.1) is 12.4 Å². The lowest BCUT2D eigenvalue weighted by atomic mass is 9.84. The molecule has 1 aromatic carbocycles. The van der Waals surface area contributed by atoms with Gasteiger partial charge in [-0.25, -0.2) is 9.97 Å². The van der Waals surface area contributed by atoms with Crippen molar-refractivity contribution in [2.24, 2.45) is 0 Å². The zero-order chi connectivity index (χ0) is 13.1. The molecule has 3 nitrogen and oxygen atoms in total. The normalized spacial score (nSPS) is 16.4. The highest BCUT2D eigenvalue weighted by molar-refractivity contribution is 5.55. The van der Waals surface area contributed by atoms with Crippen LogP contribution in [0.5, 0.6) is 5.75 Å². The van der Waals surface area contributed by atoms with Gasteiger partial charge in [0, 0.05) is 5.56 Å². The van der Waals surface area contributed by atoms with E-state index in [1.54, 1.807) is 0 Å². The van der Waals surface area contributed by atoms with Crippen molar-refractivity contribution in [3.05, 3.63) is 42.2 Å². The average Bonchev–Trinajstić information content (AvgIpc) is 2.49. The first-order chi connectivity index (χ1) is 9.33. The van der Waals surface area contributed by atoms with Crippen molar-refractivity contribution in [2.45, 2.75) is 38.0 Å². The number of hydrogen-bond donors (Lipinski definition) is 1. The van der Waals surface area contributed by atoms with Crippen molar-refractivity contribution in [1.82, 2.24) is 9.97 Å². The Balaban J connectivity index is 1.80. The summed E-state index contributed by atoms with van der Waals surface area (Å²) in [6, 6.07) is 8.55. The molecule has 0 bridgehead atoms. The molecule has 19 heavy (non-hydrogen) atoms. The number of hydrogen-bond acceptors (Lipinski definition) is 3. The molecule has 0 atom stereocenters. The van der Waals surface area contributed by atoms with Crippen LogP contribution in [0, 0.1) is 0 Å². The van der Waals surface area contributed by atoms with Crippen LogP contribution in [-0.2, 0) is 0 Å². The Labute approximate surface area is 113 Å². The van der Waals surface area contributed by atoms with Crippen molar-refractivity contribution in [2.75, 3.05) is 0 Å². The van der Waals surface area contributed by atoms with Crippen LogP contribution in [0.25, 0.3) is 11.4 Å². The van der Waals surface area contributed by atoms with Crippen LogP contribution in [0.3, 0.4) is 0 Å². The minimum atomic E-state index is 0.0996. The fourth-order valence-electron chi connectivity index (χ4n) is 2.81. The van der Waals surface area contributed by atoms with Crippen LogP contribution in [0.1, 0.15) is 43.6 Å². The van der Waals surface area contributed by atoms with Crippen molar-refractivity contribution < 1.29 is 5.11 Å². The van der Waals surface area contributed by atoms with Crippen molar-refractivity contribution in [3.63, 3.8) is 0 Å². The third-order valence-electron chi connectivity index (χ3n) is 3.88. The van der Waals surface area contributed by atoms with Crippen molar-refractivity contribution >= 4 is 0 Å². The fourth-order valence-corrected chi connectivity index (χ4v) is 2.81. The highest BCUT2D eigenvalue weighted by Crippen LogP contribution is 2.33. The van der Waals surface area contributed by atoms with Gasteiger partial charge < -0.3 is 5.11 Å². The van der Waals surface area contributed by atoms with Gasteiger partial charge in [-0.05, 0) is 24.3 Å². The maximum atomic E-state index is 9.19. The molecule has 0 saturated heterocycles. The van der Waals surface area contributed by atoms with E-state index in [0.29, 0.717) is 5.82 Å². The van der Waals surface area contributed by atoms with Crippen molar-refractivity contribution in [3.8, 4) is 17.1 Å². The summed E-state index contributed by atoms with van der Waals surface area (Å²) < 4.78 is 0. The summed E-state index contributed by atoms with van der Waals surface area (Å²) in [5, 5.41) is 9.19. The SMILES string of the molecule is Oc1cnc(-c2ccc(C3CCCCC3)cc2)nc1. The molecule has 0 spiro atoms. The highest BCUT2D eigenvalue weighted by Gasteiger charge is 2.15. The van der Waals surface area contributed by atoms with Gasteiger partial charge in [-0.2, -0.15) is 0 Å². The Morgan fingerprint density at radius 1 is 0.895 bits per heavy atom. The molecule has 3 rings (SSSR count). The Hall–Kier alpha value is -1.90. The number of nitrogens with zero attached hydrogens (tertiary/aromatic N) is 2. The molecular weight excluding hydrogens is 236 g/mol. The molecule has 0 aliphatic heterocycles. The minimum absolute atomic E-state index is 0.0996. The minimum Gasteiger partial charge on any atom is -0.505 e. The lowest BCUT2D eigenvalue weighted by molar-refractivity contribution is 0.443. The Morgan fingerprint density at radius 2 is 1.53 bits per heavy atom. The first kappa shape index (κ1) is 12.2. The fraction of sp³-hybridized carbons (Fsp3) is 0.375. The first-order valence-electron chi connectivity index (χ1n) is 6.94. The second kappa shape index (κ2) is 5.39. The number of aromatic hydroxyl groups is 1. The molecule has 0 amide bonds. The zero-order valence-electron chi connectivity index (χ0n) is 10.9. The van der Waals surface area contributed by atoms with Gasteiger partial charge in [0.2, 0.25) is 0 Å². The molecule has 1 aliphatic rings. The molecular formula is C16H18N2O. The average molecular weight is 254 g/mol. The molecule has 1 fully saturated rings. The molecule has 1 saturated carbocycles. The van der Waals surface area contributed by atoms with Gasteiger partial charge in [-0.1, -0.05) is 43.5 Å². The second-order valence-corrected chi connectivity index (χ2v) is 5.22. The van der Waals surface area contributed by atoms with Crippen LogP contribution < -0.4 is 0 Å². The summed E-state index contributed by atoms with van der Waals surface area (Å²) in [7, 11) is 0. The van der Waals surface area contributed by atoms with Gasteiger partial charge in [0.1, 0.15) is 0 Å². The van der Waals surface area contributed by atoms with Gasteiger partial charge in [0.25, 0.3) is 0 Å². The van der Waals surface area contributed by atoms with E-state index in [0.717, 1.165) is 11.5 Å². The van der Waals surface area contributed by atoms with Crippen LogP contribution in [0.4, 0.5) is 0 Å². The van der Waals surface area contributed by atoms with E-state index in [4.69, 9.17) is 0 Å². The van der Waals surface area contributed by atoms with E-state index in [9.17, 15) is 5.11 Å². The van der Waals surface area contributed by atoms with E-state index in [2.05, 4.69) is 34.2 Å². The topological polar surface area (TPSA) is 46.0 Å². The zero-order valence-corrected chi connectivity index (χ0v) is 10.9. The molecule has 0 unspecified atom stereocenters. The maximum Gasteiger partial charge on any atom is 0.159 e. The summed E-state index contributed by atoms with van der Waals surface area (Å²) in [5.41, 5.74) is 2.43. The standard InChI is InChI=1S/C16H18N2O/c19-15-10-17-16(18-11-15)14-8-6-13(7-9-14)12-4-2-1-3-5-12/h6-12,19H,1-5H2. The number of rotatable bonds is 2. The number of benzene rings is 1. The van der Waals surface area contributed by atoms with Crippen LogP contribution in [-0.4, -0.2) is 15.1 Å². The molecule has 1 aliphatic carbocycles. The van der Waals surface area contributed by atoms with Crippen LogP contribution >= 0.6 is 0 Å². The monoisotopic (exact) mass is 254 g/mol. The largest absolute Gasteiger partial charge is 0.505 e. The quantitative estimate of drug-likeness (QED) is 0.884. The molecule has 98 valence electrons. The lowest BCUT2D eigenvalue weighted by Crippen LogP contribution is -2.04. The lowest BCUT2D eigenvalue weighted by Gasteiger charge is -2.22. The Kier molecular flexibility index (Phi) is 3.45. The van der Waals surface area contributed by atoms with E-state index < -0.39 is 0 Å². The molecule has 0 radical (unpaired) electrons. The van der Waals surface area contributed by atoms with Crippen molar-refractivity contribution in [1.29, 1.82) is 0 Å². The summed E-state index contributed by atoms with van der Waals surface area (Å²) in [6.45, 7) is 0. The number of aromatic nitrogens is 2. The second-order valence-electron chi connectivity index (χ2n) is 5.22. The predicted octanol–water partition coefficient (Wildman–Crippen LogP) is 3.90. The molecule has 1 N–H and O–H groups in total. The molecule has 1 aromatic heterocycles. The van der Waals surface area contributed by atoms with Gasteiger partial charge in [-0.15, -0.1) is 0 Å². The van der Waals surface area contributed by atoms with Gasteiger partial charge in [-0.3, -0.25) is 0 Å². The first-order valence-corrected chi connectivity index (χ1v) is 6.94. The van der Waals surface area contributed by atoms with E-state index >= 15 is 0 Å². The summed E-state index contributed by atoms with van der Waals surface area (Å²) in [4.78, 5) is 8.26. The molecule has 2 aromatic rings. The molecule has 3 heteroatoms. The Bertz CT molecular complexity index is 528. The molecule has 1 heterocycles. The Morgan fingerprint density at radius 3 is 2.16 bits per heavy atom. The van der Waals surface area contributed by atoms with Crippen LogP contribution in [0.2, 0.25) is 0 Å². The summed E-state index contributed by atoms with van der Waals surface area (Å²) >= 11 is 0. The highest BCUT2D eigenvalue weighted by atomic mass is 16.3. The maximum absolute atomic E-state index is 9.19. The predicted molar refractivity (Wildman–Crippen MR) is 75.0 cm³/mol. The van der Waals surface area contributed by atoms with E-state index in [-0.39, 0.29) is 5.75 Å². The summed E-state index contributed by atoms with van der Waals surface area (Å²) in [5.74, 6) is 1.49.